The average Bonchev–Trinajstić information content (AvgIpc) is 2.48. The molecule has 0 saturated carbocycles. The number of rotatable bonds is 3. The minimum absolute atomic E-state index is 0.168. The van der Waals surface area contributed by atoms with Gasteiger partial charge in [0.2, 0.25) is 0 Å². The molecule has 0 N–H and O–H groups in total. The minimum atomic E-state index is -0.321. The fourth-order valence-corrected chi connectivity index (χ4v) is 2.25. The van der Waals surface area contributed by atoms with Gasteiger partial charge in [0.1, 0.15) is 6.61 Å². The van der Waals surface area contributed by atoms with E-state index in [9.17, 15) is 4.79 Å². The Morgan fingerprint density at radius 1 is 1.48 bits per heavy atom. The van der Waals surface area contributed by atoms with Crippen molar-refractivity contribution in [1.29, 1.82) is 5.26 Å². The number of aromatic nitrogens is 1. The van der Waals surface area contributed by atoms with Crippen LogP contribution in [0.3, 0.4) is 0 Å². The Morgan fingerprint density at radius 2 is 2.24 bits per heavy atom. The molecule has 2 heterocycles. The highest BCUT2D eigenvalue weighted by Crippen LogP contribution is 2.19. The first-order valence-electron chi connectivity index (χ1n) is 7.11. The van der Waals surface area contributed by atoms with Gasteiger partial charge >= 0.3 is 6.09 Å². The summed E-state index contributed by atoms with van der Waals surface area (Å²) >= 11 is 0. The zero-order valence-corrected chi connectivity index (χ0v) is 12.2. The summed E-state index contributed by atoms with van der Waals surface area (Å²) < 4.78 is 5.02. The molecular weight excluding hydrogens is 266 g/mol. The van der Waals surface area contributed by atoms with E-state index >= 15 is 0 Å². The molecule has 1 aromatic heterocycles. The van der Waals surface area contributed by atoms with Crippen LogP contribution in [-0.2, 0) is 4.74 Å². The van der Waals surface area contributed by atoms with Crippen molar-refractivity contribution < 1.29 is 9.53 Å². The quantitative estimate of drug-likeness (QED) is 0.801. The van der Waals surface area contributed by atoms with Crippen molar-refractivity contribution in [3.05, 3.63) is 35.2 Å². The van der Waals surface area contributed by atoms with Gasteiger partial charge in [0.15, 0.2) is 0 Å². The fraction of sp³-hybridized carbons (Fsp3) is 0.438. The minimum Gasteiger partial charge on any atom is -0.448 e. The standard InChI is InChI=1S/C16H19N3O2/c1-13-4-2-5-15(18-13)12-14-6-9-19(10-7-14)16(20)21-11-3-8-17/h2,4-5,12H,3,6-7,9-11H2,1H3. The number of nitrogens with zero attached hydrogens (tertiary/aromatic N) is 3. The van der Waals surface area contributed by atoms with Gasteiger partial charge in [-0.15, -0.1) is 0 Å². The molecule has 2 rings (SSSR count). The Balaban J connectivity index is 1.85. The fourth-order valence-electron chi connectivity index (χ4n) is 2.25. The van der Waals surface area contributed by atoms with Crippen LogP contribution in [0, 0.1) is 18.3 Å². The molecule has 0 unspecified atom stereocenters. The lowest BCUT2D eigenvalue weighted by Crippen LogP contribution is -2.36. The number of ether oxygens (including phenoxy) is 1. The van der Waals surface area contributed by atoms with E-state index in [2.05, 4.69) is 11.1 Å². The number of carbonyl (C=O) groups excluding carboxylic acids is 1. The molecule has 0 bridgehead atoms. The molecule has 0 atom stereocenters. The molecule has 0 aromatic carbocycles. The summed E-state index contributed by atoms with van der Waals surface area (Å²) in [7, 11) is 0. The maximum Gasteiger partial charge on any atom is 0.409 e. The van der Waals surface area contributed by atoms with E-state index in [4.69, 9.17) is 10.00 Å². The monoisotopic (exact) mass is 285 g/mol. The Labute approximate surface area is 124 Å². The SMILES string of the molecule is Cc1cccc(C=C2CCN(C(=O)OCCC#N)CC2)n1. The number of hydrogen-bond acceptors (Lipinski definition) is 4. The normalized spacial score (nSPS) is 14.5. The number of carbonyl (C=O) groups is 1. The molecule has 1 saturated heterocycles. The van der Waals surface area contributed by atoms with Crippen molar-refractivity contribution in [2.24, 2.45) is 0 Å². The average molecular weight is 285 g/mol. The molecule has 1 aliphatic rings. The van der Waals surface area contributed by atoms with Crippen molar-refractivity contribution in [3.63, 3.8) is 0 Å². The van der Waals surface area contributed by atoms with E-state index in [-0.39, 0.29) is 19.1 Å². The molecule has 110 valence electrons. The van der Waals surface area contributed by atoms with Gasteiger partial charge < -0.3 is 9.64 Å². The molecule has 0 aliphatic carbocycles. The van der Waals surface area contributed by atoms with Gasteiger partial charge in [-0.3, -0.25) is 4.98 Å². The predicted octanol–water partition coefficient (Wildman–Crippen LogP) is 2.92. The summed E-state index contributed by atoms with van der Waals surface area (Å²) in [4.78, 5) is 17.9. The molecule has 5 nitrogen and oxygen atoms in total. The van der Waals surface area contributed by atoms with Crippen LogP contribution in [0.4, 0.5) is 4.79 Å². The maximum absolute atomic E-state index is 11.7. The van der Waals surface area contributed by atoms with Crippen LogP contribution < -0.4 is 0 Å². The summed E-state index contributed by atoms with van der Waals surface area (Å²) in [6.07, 6.45) is 3.69. The molecule has 0 radical (unpaired) electrons. The van der Waals surface area contributed by atoms with Crippen LogP contribution in [0.2, 0.25) is 0 Å². The lowest BCUT2D eigenvalue weighted by atomic mass is 10.0. The third-order valence-electron chi connectivity index (χ3n) is 3.37. The van der Waals surface area contributed by atoms with Crippen LogP contribution in [0.5, 0.6) is 0 Å². The Morgan fingerprint density at radius 3 is 2.90 bits per heavy atom. The molecular formula is C16H19N3O2. The lowest BCUT2D eigenvalue weighted by molar-refractivity contribution is 0.101. The molecule has 1 aromatic rings. The highest BCUT2D eigenvalue weighted by molar-refractivity contribution is 5.68. The van der Waals surface area contributed by atoms with Gasteiger partial charge in [0.05, 0.1) is 18.2 Å². The molecule has 1 amide bonds. The molecule has 1 aliphatic heterocycles. The van der Waals surface area contributed by atoms with Gasteiger partial charge in [0, 0.05) is 18.8 Å². The number of likely N-dealkylation sites (tertiary alicyclic amines) is 1. The van der Waals surface area contributed by atoms with Crippen molar-refractivity contribution in [2.45, 2.75) is 26.2 Å². The van der Waals surface area contributed by atoms with E-state index in [0.29, 0.717) is 13.1 Å². The van der Waals surface area contributed by atoms with Crippen LogP contribution in [0.1, 0.15) is 30.7 Å². The third kappa shape index (κ3) is 4.60. The largest absolute Gasteiger partial charge is 0.448 e. The number of aryl methyl sites for hydroxylation is 1. The summed E-state index contributed by atoms with van der Waals surface area (Å²) in [5, 5.41) is 8.42. The van der Waals surface area contributed by atoms with E-state index < -0.39 is 0 Å². The van der Waals surface area contributed by atoms with E-state index in [1.165, 1.54) is 5.57 Å². The molecule has 5 heteroatoms. The Bertz CT molecular complexity index is 565. The molecule has 1 fully saturated rings. The highest BCUT2D eigenvalue weighted by atomic mass is 16.6. The van der Waals surface area contributed by atoms with E-state index in [1.54, 1.807) is 4.90 Å². The maximum atomic E-state index is 11.7. The van der Waals surface area contributed by atoms with E-state index in [0.717, 1.165) is 24.2 Å². The summed E-state index contributed by atoms with van der Waals surface area (Å²) in [6.45, 7) is 3.45. The highest BCUT2D eigenvalue weighted by Gasteiger charge is 2.19. The summed E-state index contributed by atoms with van der Waals surface area (Å²) in [6, 6.07) is 7.91. The van der Waals surface area contributed by atoms with Crippen molar-refractivity contribution >= 4 is 12.2 Å². The predicted molar refractivity (Wildman–Crippen MR) is 79.3 cm³/mol. The second-order valence-electron chi connectivity index (χ2n) is 5.02. The molecule has 21 heavy (non-hydrogen) atoms. The number of hydrogen-bond donors (Lipinski definition) is 0. The number of amides is 1. The third-order valence-corrected chi connectivity index (χ3v) is 3.37. The Kier molecular flexibility index (Phi) is 5.33. The smallest absolute Gasteiger partial charge is 0.409 e. The van der Waals surface area contributed by atoms with Gasteiger partial charge in [-0.2, -0.15) is 5.26 Å². The topological polar surface area (TPSA) is 66.2 Å². The first kappa shape index (κ1) is 15.0. The van der Waals surface area contributed by atoms with Gasteiger partial charge in [0.25, 0.3) is 0 Å². The lowest BCUT2D eigenvalue weighted by Gasteiger charge is -2.27. The zero-order chi connectivity index (χ0) is 15.1. The summed E-state index contributed by atoms with van der Waals surface area (Å²) in [5.41, 5.74) is 3.27. The van der Waals surface area contributed by atoms with Crippen LogP contribution >= 0.6 is 0 Å². The van der Waals surface area contributed by atoms with Gasteiger partial charge in [-0.05, 0) is 38.0 Å². The number of piperidine rings is 1. The second kappa shape index (κ2) is 7.44. The van der Waals surface area contributed by atoms with Crippen molar-refractivity contribution in [1.82, 2.24) is 9.88 Å². The Hall–Kier alpha value is -2.35. The number of nitriles is 1. The number of pyridine rings is 1. The molecule has 0 spiro atoms. The first-order chi connectivity index (χ1) is 10.2. The summed E-state index contributed by atoms with van der Waals surface area (Å²) in [5.74, 6) is 0. The van der Waals surface area contributed by atoms with Crippen LogP contribution in [-0.4, -0.2) is 35.7 Å². The first-order valence-corrected chi connectivity index (χ1v) is 7.11. The zero-order valence-electron chi connectivity index (χ0n) is 12.2. The van der Waals surface area contributed by atoms with Gasteiger partial charge in [-0.25, -0.2) is 4.79 Å². The van der Waals surface area contributed by atoms with Crippen molar-refractivity contribution in [2.75, 3.05) is 19.7 Å². The van der Waals surface area contributed by atoms with Crippen LogP contribution in [0.15, 0.2) is 23.8 Å². The van der Waals surface area contributed by atoms with E-state index in [1.807, 2.05) is 31.2 Å². The van der Waals surface area contributed by atoms with Gasteiger partial charge in [-0.1, -0.05) is 11.6 Å². The van der Waals surface area contributed by atoms with Crippen LogP contribution in [0.25, 0.3) is 6.08 Å². The second-order valence-corrected chi connectivity index (χ2v) is 5.02. The van der Waals surface area contributed by atoms with Crippen molar-refractivity contribution in [3.8, 4) is 6.07 Å².